The zero-order valence-electron chi connectivity index (χ0n) is 13.9. The van der Waals surface area contributed by atoms with Gasteiger partial charge in [-0.05, 0) is 31.9 Å². The molecule has 9 heteroatoms. The molecule has 26 heavy (non-hydrogen) atoms. The van der Waals surface area contributed by atoms with Gasteiger partial charge in [-0.2, -0.15) is 13.2 Å². The van der Waals surface area contributed by atoms with Crippen LogP contribution in [0.1, 0.15) is 25.6 Å². The van der Waals surface area contributed by atoms with Gasteiger partial charge in [-0.15, -0.1) is 0 Å². The number of benzene rings is 1. The van der Waals surface area contributed by atoms with Gasteiger partial charge in [-0.3, -0.25) is 4.57 Å². The normalized spacial score (nSPS) is 14.6. The first-order valence-electron chi connectivity index (χ1n) is 8.28. The summed E-state index contributed by atoms with van der Waals surface area (Å²) in [4.78, 5) is 11.6. The van der Waals surface area contributed by atoms with E-state index < -0.39 is 12.0 Å². The lowest BCUT2D eigenvalue weighted by Crippen LogP contribution is -2.15. The summed E-state index contributed by atoms with van der Waals surface area (Å²) in [6, 6.07) is 7.17. The summed E-state index contributed by atoms with van der Waals surface area (Å²) in [5.41, 5.74) is 1.03. The molecule has 0 saturated heterocycles. The van der Waals surface area contributed by atoms with Crippen molar-refractivity contribution in [3.8, 4) is 11.4 Å². The van der Waals surface area contributed by atoms with Crippen LogP contribution in [0.2, 0.25) is 0 Å². The summed E-state index contributed by atoms with van der Waals surface area (Å²) >= 11 is 0. The molecule has 136 valence electrons. The van der Waals surface area contributed by atoms with Crippen LogP contribution in [0.25, 0.3) is 16.9 Å². The third-order valence-electron chi connectivity index (χ3n) is 3.97. The first-order valence-corrected chi connectivity index (χ1v) is 8.28. The van der Waals surface area contributed by atoms with Gasteiger partial charge in [0.05, 0.1) is 12.3 Å². The van der Waals surface area contributed by atoms with E-state index in [-0.39, 0.29) is 17.5 Å². The second kappa shape index (κ2) is 6.15. The van der Waals surface area contributed by atoms with Crippen LogP contribution in [0.5, 0.6) is 5.75 Å². The van der Waals surface area contributed by atoms with Crippen molar-refractivity contribution >= 4 is 17.0 Å². The molecule has 2 heterocycles. The van der Waals surface area contributed by atoms with Gasteiger partial charge < -0.3 is 10.1 Å². The molecule has 1 aromatic carbocycles. The fourth-order valence-electron chi connectivity index (χ4n) is 2.63. The Hall–Kier alpha value is -2.84. The van der Waals surface area contributed by atoms with Crippen molar-refractivity contribution in [2.45, 2.75) is 32.0 Å². The van der Waals surface area contributed by atoms with Crippen LogP contribution < -0.4 is 10.1 Å². The molecule has 0 bridgehead atoms. The second-order valence-electron chi connectivity index (χ2n) is 6.03. The smallest absolute Gasteiger partial charge is 0.451 e. The van der Waals surface area contributed by atoms with E-state index in [0.717, 1.165) is 12.8 Å². The van der Waals surface area contributed by atoms with E-state index in [9.17, 15) is 13.2 Å². The van der Waals surface area contributed by atoms with Crippen LogP contribution in [0, 0.1) is 0 Å². The molecule has 0 aliphatic heterocycles. The number of halogens is 3. The molecule has 6 nitrogen and oxygen atoms in total. The molecule has 2 aromatic heterocycles. The highest BCUT2D eigenvalue weighted by molar-refractivity contribution is 5.84. The third-order valence-corrected chi connectivity index (χ3v) is 3.97. The van der Waals surface area contributed by atoms with Crippen molar-refractivity contribution in [1.29, 1.82) is 0 Å². The first-order chi connectivity index (χ1) is 12.5. The molecule has 0 unspecified atom stereocenters. The Labute approximate surface area is 147 Å². The maximum atomic E-state index is 13.3. The summed E-state index contributed by atoms with van der Waals surface area (Å²) in [5, 5.41) is 3.02. The highest BCUT2D eigenvalue weighted by atomic mass is 19.4. The molecular weight excluding hydrogens is 347 g/mol. The van der Waals surface area contributed by atoms with E-state index in [2.05, 4.69) is 20.3 Å². The number of hydrogen-bond acceptors (Lipinski definition) is 5. The number of nitrogens with one attached hydrogen (secondary N) is 1. The number of nitrogens with zero attached hydrogens (tertiary/aromatic N) is 4. The van der Waals surface area contributed by atoms with E-state index in [1.807, 2.05) is 6.92 Å². The fraction of sp³-hybridized carbons (Fsp3) is 0.353. The average Bonchev–Trinajstić information content (AvgIpc) is 3.30. The van der Waals surface area contributed by atoms with Crippen LogP contribution in [-0.2, 0) is 6.18 Å². The van der Waals surface area contributed by atoms with Crippen LogP contribution in [0.15, 0.2) is 30.6 Å². The van der Waals surface area contributed by atoms with Gasteiger partial charge in [0, 0.05) is 12.1 Å². The molecule has 3 aromatic rings. The van der Waals surface area contributed by atoms with Crippen molar-refractivity contribution in [2.24, 2.45) is 0 Å². The lowest BCUT2D eigenvalue weighted by molar-refractivity contribution is -0.144. The van der Waals surface area contributed by atoms with Gasteiger partial charge in [0.15, 0.2) is 17.0 Å². The van der Waals surface area contributed by atoms with E-state index >= 15 is 0 Å². The van der Waals surface area contributed by atoms with Gasteiger partial charge in [0.25, 0.3) is 0 Å². The van der Waals surface area contributed by atoms with E-state index in [1.165, 1.54) is 10.9 Å². The largest absolute Gasteiger partial charge is 0.494 e. The van der Waals surface area contributed by atoms with E-state index in [1.54, 1.807) is 24.3 Å². The molecule has 1 aliphatic rings. The quantitative estimate of drug-likeness (QED) is 0.747. The Balaban J connectivity index is 1.86. The van der Waals surface area contributed by atoms with Crippen LogP contribution in [0.3, 0.4) is 0 Å². The number of anilines is 1. The molecule has 0 radical (unpaired) electrons. The summed E-state index contributed by atoms with van der Waals surface area (Å²) in [6.07, 6.45) is -1.38. The SMILES string of the molecule is CCOc1cccc(-n2cnc3c(NC4CC4)nc(C(F)(F)F)nc32)c1. The van der Waals surface area contributed by atoms with Gasteiger partial charge in [0.2, 0.25) is 5.82 Å². The molecule has 0 spiro atoms. The minimum Gasteiger partial charge on any atom is -0.494 e. The van der Waals surface area contributed by atoms with Crippen LogP contribution in [0.4, 0.5) is 19.0 Å². The average molecular weight is 363 g/mol. The van der Waals surface area contributed by atoms with Gasteiger partial charge in [0.1, 0.15) is 12.1 Å². The Bertz CT molecular complexity index is 949. The molecule has 1 saturated carbocycles. The number of aromatic nitrogens is 4. The summed E-state index contributed by atoms with van der Waals surface area (Å²) < 4.78 is 46.7. The monoisotopic (exact) mass is 363 g/mol. The summed E-state index contributed by atoms with van der Waals surface area (Å²) in [7, 11) is 0. The Morgan fingerprint density at radius 3 is 2.77 bits per heavy atom. The second-order valence-corrected chi connectivity index (χ2v) is 6.03. The molecule has 1 fully saturated rings. The molecule has 0 amide bonds. The molecule has 0 atom stereocenters. The number of rotatable bonds is 5. The Kier molecular flexibility index (Phi) is 3.93. The highest BCUT2D eigenvalue weighted by Gasteiger charge is 2.37. The van der Waals surface area contributed by atoms with Crippen molar-refractivity contribution < 1.29 is 17.9 Å². The third kappa shape index (κ3) is 3.16. The predicted molar refractivity (Wildman–Crippen MR) is 89.5 cm³/mol. The molecule has 4 rings (SSSR count). The summed E-state index contributed by atoms with van der Waals surface area (Å²) in [5.74, 6) is -0.450. The highest BCUT2D eigenvalue weighted by Crippen LogP contribution is 2.33. The zero-order valence-corrected chi connectivity index (χ0v) is 13.9. The molecule has 1 aliphatic carbocycles. The lowest BCUT2D eigenvalue weighted by Gasteiger charge is -2.11. The van der Waals surface area contributed by atoms with E-state index in [4.69, 9.17) is 4.74 Å². The minimum atomic E-state index is -4.64. The minimum absolute atomic E-state index is 0.101. The lowest BCUT2D eigenvalue weighted by atomic mass is 10.3. The van der Waals surface area contributed by atoms with E-state index in [0.29, 0.717) is 23.6 Å². The van der Waals surface area contributed by atoms with Crippen molar-refractivity contribution in [3.05, 3.63) is 36.4 Å². The topological polar surface area (TPSA) is 64.9 Å². The van der Waals surface area contributed by atoms with Gasteiger partial charge in [-0.1, -0.05) is 6.07 Å². The van der Waals surface area contributed by atoms with Crippen molar-refractivity contribution in [1.82, 2.24) is 19.5 Å². The molecular formula is C17H16F3N5O. The van der Waals surface area contributed by atoms with Gasteiger partial charge in [-0.25, -0.2) is 15.0 Å². The first kappa shape index (κ1) is 16.6. The van der Waals surface area contributed by atoms with Gasteiger partial charge >= 0.3 is 6.18 Å². The fourth-order valence-corrected chi connectivity index (χ4v) is 2.63. The Morgan fingerprint density at radius 1 is 1.27 bits per heavy atom. The number of ether oxygens (including phenoxy) is 1. The Morgan fingerprint density at radius 2 is 2.08 bits per heavy atom. The van der Waals surface area contributed by atoms with Crippen LogP contribution >= 0.6 is 0 Å². The summed E-state index contributed by atoms with van der Waals surface area (Å²) in [6.45, 7) is 2.35. The predicted octanol–water partition coefficient (Wildman–Crippen LogP) is 3.81. The number of hydrogen-bond donors (Lipinski definition) is 1. The van der Waals surface area contributed by atoms with Crippen molar-refractivity contribution in [3.63, 3.8) is 0 Å². The standard InChI is InChI=1S/C17H16F3N5O/c1-2-26-12-5-3-4-11(8-12)25-9-21-13-14(22-10-6-7-10)23-16(17(18,19)20)24-15(13)25/h3-5,8-10H,2,6-7H2,1H3,(H,22,23,24). The maximum Gasteiger partial charge on any atom is 0.451 e. The zero-order chi connectivity index (χ0) is 18.3. The molecule has 1 N–H and O–H groups in total. The van der Waals surface area contributed by atoms with Crippen molar-refractivity contribution in [2.75, 3.05) is 11.9 Å². The van der Waals surface area contributed by atoms with Crippen LogP contribution in [-0.4, -0.2) is 32.2 Å². The number of alkyl halides is 3. The number of fused-ring (bicyclic) bond motifs is 1. The number of imidazole rings is 1. The maximum absolute atomic E-state index is 13.3.